The Morgan fingerprint density at radius 1 is 1.14 bits per heavy atom. The first kappa shape index (κ1) is 23.3. The van der Waals surface area contributed by atoms with E-state index in [-0.39, 0.29) is 16.9 Å². The van der Waals surface area contributed by atoms with Crippen molar-refractivity contribution in [2.75, 3.05) is 27.2 Å². The quantitative estimate of drug-likeness (QED) is 0.408. The van der Waals surface area contributed by atoms with Crippen LogP contribution >= 0.6 is 0 Å². The van der Waals surface area contributed by atoms with E-state index in [1.54, 1.807) is 19.0 Å². The summed E-state index contributed by atoms with van der Waals surface area (Å²) < 4.78 is 0. The Hall–Kier alpha value is -3.43. The van der Waals surface area contributed by atoms with Crippen LogP contribution in [0.25, 0.3) is 5.57 Å². The number of likely N-dealkylation sites (N-methyl/N-ethyl adjacent to an activating group) is 1. The lowest BCUT2D eigenvalue weighted by molar-refractivity contribution is -0.127. The summed E-state index contributed by atoms with van der Waals surface area (Å²) in [6, 6.07) is 2.61. The normalized spacial score (nSPS) is 28.5. The molecule has 184 valence electrons. The maximum absolute atomic E-state index is 13.7. The second-order valence-electron chi connectivity index (χ2n) is 9.97. The van der Waals surface area contributed by atoms with Crippen molar-refractivity contribution in [1.29, 1.82) is 0 Å². The summed E-state index contributed by atoms with van der Waals surface area (Å²) in [7, 11) is 3.42. The molecule has 5 rings (SSSR count). The molecule has 1 amide bonds. The molecule has 4 aliphatic rings. The number of aliphatic hydroxyl groups excluding tert-OH is 2. The molecule has 0 radical (unpaired) electrons. The second kappa shape index (κ2) is 8.35. The Labute approximate surface area is 202 Å². The van der Waals surface area contributed by atoms with Crippen LogP contribution in [-0.2, 0) is 16.0 Å². The first-order chi connectivity index (χ1) is 16.6. The van der Waals surface area contributed by atoms with Gasteiger partial charge in [0.25, 0.3) is 5.91 Å². The van der Waals surface area contributed by atoms with Crippen molar-refractivity contribution in [3.63, 3.8) is 0 Å². The van der Waals surface area contributed by atoms with Crippen molar-refractivity contribution in [3.8, 4) is 5.75 Å². The standard InChI is InChI=1S/C26H29N3O6/c1-29(2)21-15-10-12-9-14-13(11-5-7-28-8-6-11)3-4-16(30)18(14)22(31)17(12)23(32)19(15)24(33)20(25(21)34)26(27)35/h3-5,12,15,19,21,28,30,32,34H,6-10H2,1-2H3,(H2,27,35)/t12?,15?,19?,21-/m0/s1. The third-order valence-electron chi connectivity index (χ3n) is 7.86. The number of carbonyl (C=O) groups excluding carboxylic acids is 3. The fourth-order valence-corrected chi connectivity index (χ4v) is 6.44. The molecule has 1 aliphatic heterocycles. The summed E-state index contributed by atoms with van der Waals surface area (Å²) in [6.07, 6.45) is 3.62. The molecule has 3 aliphatic carbocycles. The number of rotatable bonds is 3. The number of carbonyl (C=O) groups is 3. The molecule has 0 saturated carbocycles. The van der Waals surface area contributed by atoms with Crippen molar-refractivity contribution >= 4 is 23.0 Å². The summed E-state index contributed by atoms with van der Waals surface area (Å²) in [5, 5.41) is 36.1. The monoisotopic (exact) mass is 479 g/mol. The number of hydrogen-bond acceptors (Lipinski definition) is 8. The molecular formula is C26H29N3O6. The number of primary amides is 1. The third kappa shape index (κ3) is 3.41. The number of amides is 1. The van der Waals surface area contributed by atoms with Crippen LogP contribution in [0.3, 0.4) is 0 Å². The zero-order valence-corrected chi connectivity index (χ0v) is 19.7. The lowest BCUT2D eigenvalue weighted by atomic mass is 9.60. The number of nitrogens with one attached hydrogen (secondary N) is 1. The predicted molar refractivity (Wildman–Crippen MR) is 128 cm³/mol. The fraction of sp³-hybridized carbons (Fsp3) is 0.423. The number of nitrogens with zero attached hydrogens (tertiary/aromatic N) is 1. The van der Waals surface area contributed by atoms with Crippen LogP contribution in [0.4, 0.5) is 0 Å². The molecule has 0 saturated heterocycles. The van der Waals surface area contributed by atoms with Gasteiger partial charge in [0.15, 0.2) is 11.6 Å². The third-order valence-corrected chi connectivity index (χ3v) is 7.86. The van der Waals surface area contributed by atoms with Crippen LogP contribution in [0.5, 0.6) is 5.75 Å². The molecule has 35 heavy (non-hydrogen) atoms. The minimum Gasteiger partial charge on any atom is -0.511 e. The van der Waals surface area contributed by atoms with Crippen molar-refractivity contribution in [2.24, 2.45) is 23.5 Å². The van der Waals surface area contributed by atoms with E-state index in [1.807, 2.05) is 6.07 Å². The highest BCUT2D eigenvalue weighted by molar-refractivity contribution is 6.22. The van der Waals surface area contributed by atoms with Gasteiger partial charge in [-0.1, -0.05) is 12.1 Å². The maximum atomic E-state index is 13.7. The lowest BCUT2D eigenvalue weighted by Gasteiger charge is -2.46. The molecule has 0 spiro atoms. The minimum atomic E-state index is -1.17. The number of aromatic hydroxyl groups is 1. The van der Waals surface area contributed by atoms with Crippen molar-refractivity contribution < 1.29 is 29.7 Å². The van der Waals surface area contributed by atoms with Gasteiger partial charge in [-0.3, -0.25) is 19.3 Å². The van der Waals surface area contributed by atoms with E-state index in [9.17, 15) is 29.7 Å². The Morgan fingerprint density at radius 3 is 2.51 bits per heavy atom. The van der Waals surface area contributed by atoms with Gasteiger partial charge in [-0.05, 0) is 74.5 Å². The zero-order valence-electron chi connectivity index (χ0n) is 19.7. The van der Waals surface area contributed by atoms with Gasteiger partial charge in [0.2, 0.25) is 0 Å². The van der Waals surface area contributed by atoms with Gasteiger partial charge >= 0.3 is 0 Å². The summed E-state index contributed by atoms with van der Waals surface area (Å²) in [5.41, 5.74) is 7.87. The molecule has 0 bridgehead atoms. The van der Waals surface area contributed by atoms with Crippen LogP contribution in [-0.4, -0.2) is 70.9 Å². The topological polar surface area (TPSA) is 153 Å². The SMILES string of the molecule is CN(C)[C@@H]1C(O)=C(C(N)=O)C(=O)C2C(O)=C3C(=O)c4c(O)ccc(C5=CCNCC5)c4CC3CC21. The Kier molecular flexibility index (Phi) is 5.56. The van der Waals surface area contributed by atoms with Crippen LogP contribution < -0.4 is 11.1 Å². The number of Topliss-reactive ketones (excluding diaryl/α,β-unsaturated/α-hetero) is 2. The summed E-state index contributed by atoms with van der Waals surface area (Å²) in [5.74, 6) is -5.44. The molecule has 0 aromatic heterocycles. The summed E-state index contributed by atoms with van der Waals surface area (Å²) in [6.45, 7) is 1.54. The number of hydrogen-bond donors (Lipinski definition) is 5. The molecule has 1 heterocycles. The highest BCUT2D eigenvalue weighted by Crippen LogP contribution is 2.51. The maximum Gasteiger partial charge on any atom is 0.255 e. The van der Waals surface area contributed by atoms with E-state index in [4.69, 9.17) is 5.73 Å². The predicted octanol–water partition coefficient (Wildman–Crippen LogP) is 1.38. The van der Waals surface area contributed by atoms with E-state index in [1.165, 1.54) is 6.07 Å². The van der Waals surface area contributed by atoms with Gasteiger partial charge in [0, 0.05) is 12.1 Å². The average Bonchev–Trinajstić information content (AvgIpc) is 2.78. The first-order valence-corrected chi connectivity index (χ1v) is 11.8. The smallest absolute Gasteiger partial charge is 0.255 e. The number of fused-ring (bicyclic) bond motifs is 3. The first-order valence-electron chi connectivity index (χ1n) is 11.8. The van der Waals surface area contributed by atoms with E-state index in [2.05, 4.69) is 11.4 Å². The van der Waals surface area contributed by atoms with E-state index >= 15 is 0 Å². The number of phenolic OH excluding ortho intramolecular Hbond substituents is 1. The lowest BCUT2D eigenvalue weighted by Crippen LogP contribution is -2.53. The van der Waals surface area contributed by atoms with Crippen LogP contribution in [0.1, 0.15) is 34.3 Å². The van der Waals surface area contributed by atoms with Crippen LogP contribution in [0.2, 0.25) is 0 Å². The van der Waals surface area contributed by atoms with Gasteiger partial charge in [0.1, 0.15) is 22.8 Å². The van der Waals surface area contributed by atoms with E-state index in [0.717, 1.165) is 36.2 Å². The van der Waals surface area contributed by atoms with Gasteiger partial charge in [-0.15, -0.1) is 0 Å². The second-order valence-corrected chi connectivity index (χ2v) is 9.97. The van der Waals surface area contributed by atoms with E-state index in [0.29, 0.717) is 12.8 Å². The van der Waals surface area contributed by atoms with Gasteiger partial charge in [-0.25, -0.2) is 0 Å². The molecule has 9 nitrogen and oxygen atoms in total. The molecule has 1 aromatic rings. The zero-order chi connectivity index (χ0) is 25.2. The molecule has 4 atom stereocenters. The van der Waals surface area contributed by atoms with Gasteiger partial charge in [0.05, 0.1) is 17.5 Å². The Bertz CT molecular complexity index is 1260. The largest absolute Gasteiger partial charge is 0.511 e. The molecule has 3 unspecified atom stereocenters. The van der Waals surface area contributed by atoms with Crippen molar-refractivity contribution in [2.45, 2.75) is 25.3 Å². The Morgan fingerprint density at radius 2 is 1.89 bits per heavy atom. The molecule has 6 N–H and O–H groups in total. The molecule has 9 heteroatoms. The molecule has 0 fully saturated rings. The number of phenols is 1. The number of nitrogens with two attached hydrogens (primary N) is 1. The van der Waals surface area contributed by atoms with Crippen molar-refractivity contribution in [3.05, 3.63) is 57.6 Å². The van der Waals surface area contributed by atoms with Crippen LogP contribution in [0.15, 0.2) is 40.9 Å². The minimum absolute atomic E-state index is 0.0987. The Balaban J connectivity index is 1.67. The average molecular weight is 480 g/mol. The van der Waals surface area contributed by atoms with Gasteiger partial charge < -0.3 is 26.4 Å². The number of ketones is 2. The van der Waals surface area contributed by atoms with Crippen LogP contribution in [0, 0.1) is 17.8 Å². The van der Waals surface area contributed by atoms with Crippen molar-refractivity contribution in [1.82, 2.24) is 10.2 Å². The number of benzene rings is 1. The summed E-state index contributed by atoms with van der Waals surface area (Å²) in [4.78, 5) is 40.7. The highest BCUT2D eigenvalue weighted by Gasteiger charge is 2.54. The summed E-state index contributed by atoms with van der Waals surface area (Å²) >= 11 is 0. The molecule has 1 aromatic carbocycles. The fourth-order valence-electron chi connectivity index (χ4n) is 6.44. The number of aliphatic hydroxyl groups is 2. The van der Waals surface area contributed by atoms with E-state index < -0.39 is 58.4 Å². The molecular weight excluding hydrogens is 450 g/mol. The number of allylic oxidation sites excluding steroid dienone is 2. The highest BCUT2D eigenvalue weighted by atomic mass is 16.3. The van der Waals surface area contributed by atoms with Gasteiger partial charge in [-0.2, -0.15) is 0 Å².